The first kappa shape index (κ1) is 15.7. The number of aryl methyl sites for hydroxylation is 1. The van der Waals surface area contributed by atoms with Crippen LogP contribution in [0.4, 0.5) is 0 Å². The summed E-state index contributed by atoms with van der Waals surface area (Å²) in [6, 6.07) is 6.24. The van der Waals surface area contributed by atoms with Gasteiger partial charge in [0, 0.05) is 0 Å². The predicted octanol–water partition coefficient (Wildman–Crippen LogP) is 1.92. The Hall–Kier alpha value is -0.770. The number of halogens is 2. The quantitative estimate of drug-likeness (QED) is 0.827. The maximum absolute atomic E-state index is 10.5. The molecule has 1 atom stereocenters. The summed E-state index contributed by atoms with van der Waals surface area (Å²) < 4.78 is 0. The highest BCUT2D eigenvalue weighted by Crippen LogP contribution is 2.10. The van der Waals surface area contributed by atoms with E-state index in [1.165, 1.54) is 0 Å². The largest absolute Gasteiger partial charge is 0.480 e. The number of hydrogen-bond acceptors (Lipinski definition) is 2. The molecule has 0 bridgehead atoms. The van der Waals surface area contributed by atoms with Crippen molar-refractivity contribution in [3.63, 3.8) is 0 Å². The maximum atomic E-state index is 10.5. The molecule has 5 heteroatoms. The van der Waals surface area contributed by atoms with Crippen LogP contribution < -0.4 is 5.73 Å². The van der Waals surface area contributed by atoms with Crippen LogP contribution in [0.5, 0.6) is 0 Å². The summed E-state index contributed by atoms with van der Waals surface area (Å²) in [5.41, 5.74) is 7.11. The molecule has 80 valence electrons. The van der Waals surface area contributed by atoms with Crippen molar-refractivity contribution in [1.82, 2.24) is 0 Å². The zero-order valence-electron chi connectivity index (χ0n) is 7.64. The fourth-order valence-electron chi connectivity index (χ4n) is 0.916. The summed E-state index contributed by atoms with van der Waals surface area (Å²) in [5, 5.41) is 8.58. The van der Waals surface area contributed by atoms with Crippen LogP contribution in [0.25, 0.3) is 0 Å². The van der Waals surface area contributed by atoms with Gasteiger partial charge in [0.05, 0.1) is 0 Å². The van der Waals surface area contributed by atoms with Crippen molar-refractivity contribution in [2.75, 3.05) is 0 Å². The van der Waals surface area contributed by atoms with Crippen molar-refractivity contribution in [2.24, 2.45) is 5.73 Å². The second kappa shape index (κ2) is 6.65. The zero-order valence-corrected chi connectivity index (χ0v) is 9.27. The van der Waals surface area contributed by atoms with Crippen molar-refractivity contribution >= 4 is 30.8 Å². The van der Waals surface area contributed by atoms with Gasteiger partial charge in [-0.3, -0.25) is 4.79 Å². The lowest BCUT2D eigenvalue weighted by atomic mass is 10.1. The van der Waals surface area contributed by atoms with Crippen LogP contribution >= 0.6 is 24.8 Å². The summed E-state index contributed by atoms with van der Waals surface area (Å²) in [5.74, 6) is -1.00. The number of nitrogens with two attached hydrogens (primary N) is 1. The third kappa shape index (κ3) is 3.96. The van der Waals surface area contributed by atoms with Crippen LogP contribution in [-0.2, 0) is 4.79 Å². The smallest absolute Gasteiger partial charge is 0.325 e. The van der Waals surface area contributed by atoms with Crippen molar-refractivity contribution in [2.45, 2.75) is 13.0 Å². The summed E-state index contributed by atoms with van der Waals surface area (Å²) >= 11 is 0. The molecule has 3 N–H and O–H groups in total. The van der Waals surface area contributed by atoms with E-state index in [1.807, 2.05) is 19.1 Å². The monoisotopic (exact) mass is 237 g/mol. The molecule has 0 aliphatic heterocycles. The Morgan fingerprint density at radius 3 is 2.07 bits per heavy atom. The van der Waals surface area contributed by atoms with Gasteiger partial charge in [0.15, 0.2) is 0 Å². The van der Waals surface area contributed by atoms with Gasteiger partial charge in [0.2, 0.25) is 0 Å². The number of hydrogen-bond donors (Lipinski definition) is 2. The molecular weight excluding hydrogens is 225 g/mol. The predicted molar refractivity (Wildman–Crippen MR) is 60.2 cm³/mol. The lowest BCUT2D eigenvalue weighted by molar-refractivity contribution is -0.138. The van der Waals surface area contributed by atoms with Crippen LogP contribution in [0, 0.1) is 6.92 Å². The average molecular weight is 238 g/mol. The van der Waals surface area contributed by atoms with E-state index in [2.05, 4.69) is 0 Å². The van der Waals surface area contributed by atoms with E-state index in [-0.39, 0.29) is 24.8 Å². The molecular formula is C9H13Cl2NO2. The Kier molecular flexibility index (Phi) is 7.45. The Morgan fingerprint density at radius 1 is 1.29 bits per heavy atom. The molecule has 3 nitrogen and oxygen atoms in total. The van der Waals surface area contributed by atoms with Crippen molar-refractivity contribution in [1.29, 1.82) is 0 Å². The highest BCUT2D eigenvalue weighted by atomic mass is 35.5. The molecule has 0 aromatic heterocycles. The van der Waals surface area contributed by atoms with Crippen LogP contribution in [-0.4, -0.2) is 11.1 Å². The molecule has 14 heavy (non-hydrogen) atoms. The molecule has 0 aliphatic rings. The van der Waals surface area contributed by atoms with Gasteiger partial charge in [-0.1, -0.05) is 29.8 Å². The van der Waals surface area contributed by atoms with Gasteiger partial charge in [-0.05, 0) is 12.5 Å². The number of benzene rings is 1. The molecule has 0 radical (unpaired) electrons. The maximum Gasteiger partial charge on any atom is 0.325 e. The van der Waals surface area contributed by atoms with E-state index in [0.717, 1.165) is 5.56 Å². The van der Waals surface area contributed by atoms with E-state index in [0.29, 0.717) is 5.56 Å². The summed E-state index contributed by atoms with van der Waals surface area (Å²) in [6.45, 7) is 1.94. The van der Waals surface area contributed by atoms with Crippen LogP contribution in [0.2, 0.25) is 0 Å². The topological polar surface area (TPSA) is 63.3 Å². The van der Waals surface area contributed by atoms with Crippen LogP contribution in [0.15, 0.2) is 24.3 Å². The van der Waals surface area contributed by atoms with E-state index >= 15 is 0 Å². The Bertz CT molecular complexity index is 287. The van der Waals surface area contributed by atoms with Crippen molar-refractivity contribution in [3.8, 4) is 0 Å². The molecule has 1 aromatic rings. The van der Waals surface area contributed by atoms with Crippen molar-refractivity contribution in [3.05, 3.63) is 35.4 Å². The number of carboxylic acids is 1. The fraction of sp³-hybridized carbons (Fsp3) is 0.222. The summed E-state index contributed by atoms with van der Waals surface area (Å²) in [6.07, 6.45) is 0. The third-order valence-electron chi connectivity index (χ3n) is 1.70. The molecule has 0 saturated carbocycles. The fourth-order valence-corrected chi connectivity index (χ4v) is 0.916. The van der Waals surface area contributed by atoms with Gasteiger partial charge >= 0.3 is 5.97 Å². The molecule has 0 spiro atoms. The van der Waals surface area contributed by atoms with Crippen LogP contribution in [0.1, 0.15) is 17.2 Å². The molecule has 0 heterocycles. The molecule has 0 fully saturated rings. The Balaban J connectivity index is 0. The number of carbonyl (C=O) groups is 1. The molecule has 1 rings (SSSR count). The van der Waals surface area contributed by atoms with Gasteiger partial charge in [-0.25, -0.2) is 0 Å². The second-order valence-corrected chi connectivity index (χ2v) is 2.73. The Morgan fingerprint density at radius 2 is 1.71 bits per heavy atom. The first-order chi connectivity index (χ1) is 5.61. The standard InChI is InChI=1S/C9H11NO2.2ClH/c1-6-2-4-7(5-3-6)8(10)9(11)12;;/h2-5,8H,10H2,1H3,(H,11,12);2*1H. The first-order valence-corrected chi connectivity index (χ1v) is 3.66. The van der Waals surface area contributed by atoms with E-state index in [9.17, 15) is 4.79 Å². The van der Waals surface area contributed by atoms with Crippen LogP contribution in [0.3, 0.4) is 0 Å². The van der Waals surface area contributed by atoms with E-state index < -0.39 is 12.0 Å². The molecule has 0 aliphatic carbocycles. The average Bonchev–Trinajstić information content (AvgIpc) is 2.04. The second-order valence-electron chi connectivity index (χ2n) is 2.73. The van der Waals surface area contributed by atoms with Gasteiger partial charge in [0.1, 0.15) is 6.04 Å². The Labute approximate surface area is 95.1 Å². The first-order valence-electron chi connectivity index (χ1n) is 3.66. The number of aliphatic carboxylic acids is 1. The normalized spacial score (nSPS) is 10.7. The van der Waals surface area contributed by atoms with Gasteiger partial charge in [-0.2, -0.15) is 0 Å². The minimum absolute atomic E-state index is 0. The van der Waals surface area contributed by atoms with Crippen molar-refractivity contribution < 1.29 is 9.90 Å². The summed E-state index contributed by atoms with van der Waals surface area (Å²) in [4.78, 5) is 10.5. The lowest BCUT2D eigenvalue weighted by Gasteiger charge is -2.05. The zero-order chi connectivity index (χ0) is 9.14. The highest BCUT2D eigenvalue weighted by Gasteiger charge is 2.12. The number of rotatable bonds is 2. The summed E-state index contributed by atoms with van der Waals surface area (Å²) in [7, 11) is 0. The lowest BCUT2D eigenvalue weighted by Crippen LogP contribution is -2.20. The SMILES string of the molecule is Cc1ccc(C(N)C(=O)O)cc1.Cl.Cl. The molecule has 0 amide bonds. The third-order valence-corrected chi connectivity index (χ3v) is 1.70. The molecule has 0 saturated heterocycles. The molecule has 1 aromatic carbocycles. The highest BCUT2D eigenvalue weighted by molar-refractivity contribution is 5.85. The minimum atomic E-state index is -1.00. The van der Waals surface area contributed by atoms with Gasteiger partial charge in [0.25, 0.3) is 0 Å². The number of carboxylic acid groups (broad SMARTS) is 1. The van der Waals surface area contributed by atoms with E-state index in [1.54, 1.807) is 12.1 Å². The minimum Gasteiger partial charge on any atom is -0.480 e. The van der Waals surface area contributed by atoms with Gasteiger partial charge in [-0.15, -0.1) is 24.8 Å². The van der Waals surface area contributed by atoms with E-state index in [4.69, 9.17) is 10.8 Å². The van der Waals surface area contributed by atoms with Gasteiger partial charge < -0.3 is 10.8 Å². The molecule has 1 unspecified atom stereocenters.